The standard InChI is InChI=1S/C8H6Br2N4O2S/c9-4-1-2-5(6(10)3-4)7-12-8(14-13-7)17(11,15)16/h1-3H,(H2,11,15,16)(H,12,13,14). The Labute approximate surface area is 114 Å². The first-order valence-electron chi connectivity index (χ1n) is 4.28. The summed E-state index contributed by atoms with van der Waals surface area (Å²) in [5, 5.41) is 10.7. The maximum Gasteiger partial charge on any atom is 0.273 e. The van der Waals surface area contributed by atoms with Crippen LogP contribution in [0.4, 0.5) is 0 Å². The molecule has 0 fully saturated rings. The van der Waals surface area contributed by atoms with Crippen LogP contribution in [-0.2, 0) is 10.0 Å². The lowest BCUT2D eigenvalue weighted by molar-refractivity contribution is 0.589. The van der Waals surface area contributed by atoms with Crippen molar-refractivity contribution >= 4 is 41.9 Å². The minimum atomic E-state index is -3.86. The highest BCUT2D eigenvalue weighted by Crippen LogP contribution is 2.28. The summed E-state index contributed by atoms with van der Waals surface area (Å²) in [7, 11) is -3.86. The van der Waals surface area contributed by atoms with Crippen LogP contribution in [0.1, 0.15) is 0 Å². The van der Waals surface area contributed by atoms with E-state index in [0.29, 0.717) is 5.56 Å². The summed E-state index contributed by atoms with van der Waals surface area (Å²) in [6.45, 7) is 0. The van der Waals surface area contributed by atoms with E-state index >= 15 is 0 Å². The first-order chi connectivity index (χ1) is 7.88. The Morgan fingerprint density at radius 2 is 2.00 bits per heavy atom. The van der Waals surface area contributed by atoms with Gasteiger partial charge in [-0.25, -0.2) is 18.7 Å². The third-order valence-electron chi connectivity index (χ3n) is 1.91. The number of sulfonamides is 1. The highest BCUT2D eigenvalue weighted by Gasteiger charge is 2.16. The largest absolute Gasteiger partial charge is 0.273 e. The van der Waals surface area contributed by atoms with Gasteiger partial charge in [-0.05, 0) is 34.1 Å². The van der Waals surface area contributed by atoms with Gasteiger partial charge >= 0.3 is 0 Å². The topological polar surface area (TPSA) is 102 Å². The lowest BCUT2D eigenvalue weighted by atomic mass is 10.2. The van der Waals surface area contributed by atoms with Crippen LogP contribution in [0.15, 0.2) is 32.3 Å². The number of hydrogen-bond acceptors (Lipinski definition) is 4. The third kappa shape index (κ3) is 2.73. The number of benzene rings is 1. The van der Waals surface area contributed by atoms with Gasteiger partial charge in [0.2, 0.25) is 0 Å². The van der Waals surface area contributed by atoms with E-state index in [-0.39, 0.29) is 11.0 Å². The molecule has 0 aliphatic heterocycles. The van der Waals surface area contributed by atoms with Crippen molar-refractivity contribution in [3.05, 3.63) is 27.1 Å². The van der Waals surface area contributed by atoms with Crippen LogP contribution in [-0.4, -0.2) is 23.6 Å². The van der Waals surface area contributed by atoms with Gasteiger partial charge in [0.15, 0.2) is 5.82 Å². The van der Waals surface area contributed by atoms with Crippen molar-refractivity contribution < 1.29 is 8.42 Å². The van der Waals surface area contributed by atoms with Crippen molar-refractivity contribution in [3.8, 4) is 11.4 Å². The van der Waals surface area contributed by atoms with E-state index < -0.39 is 10.0 Å². The van der Waals surface area contributed by atoms with Crippen LogP contribution in [0.2, 0.25) is 0 Å². The second-order valence-corrected chi connectivity index (χ2v) is 6.38. The van der Waals surface area contributed by atoms with Gasteiger partial charge in [0, 0.05) is 14.5 Å². The molecule has 0 aliphatic carbocycles. The van der Waals surface area contributed by atoms with Crippen molar-refractivity contribution in [2.24, 2.45) is 5.14 Å². The average molecular weight is 382 g/mol. The third-order valence-corrected chi connectivity index (χ3v) is 3.78. The van der Waals surface area contributed by atoms with Gasteiger partial charge < -0.3 is 0 Å². The number of halogens is 2. The van der Waals surface area contributed by atoms with Gasteiger partial charge in [-0.1, -0.05) is 15.9 Å². The fourth-order valence-electron chi connectivity index (χ4n) is 1.17. The van der Waals surface area contributed by atoms with Crippen LogP contribution >= 0.6 is 31.9 Å². The maximum absolute atomic E-state index is 11.0. The van der Waals surface area contributed by atoms with Crippen molar-refractivity contribution in [2.75, 3.05) is 0 Å². The quantitative estimate of drug-likeness (QED) is 0.825. The number of rotatable bonds is 2. The predicted molar refractivity (Wildman–Crippen MR) is 68.6 cm³/mol. The molecule has 0 atom stereocenters. The van der Waals surface area contributed by atoms with E-state index in [1.165, 1.54) is 0 Å². The van der Waals surface area contributed by atoms with Crippen molar-refractivity contribution in [3.63, 3.8) is 0 Å². The van der Waals surface area contributed by atoms with E-state index in [1.54, 1.807) is 12.1 Å². The number of H-pyrrole nitrogens is 1. The number of nitrogens with one attached hydrogen (secondary N) is 1. The lowest BCUT2D eigenvalue weighted by Crippen LogP contribution is -2.13. The van der Waals surface area contributed by atoms with E-state index in [1.807, 2.05) is 6.07 Å². The molecule has 1 aromatic carbocycles. The second kappa shape index (κ2) is 4.48. The SMILES string of the molecule is NS(=O)(=O)c1nc(-c2ccc(Br)cc2Br)n[nH]1. The zero-order valence-corrected chi connectivity index (χ0v) is 12.2. The molecule has 0 saturated heterocycles. The lowest BCUT2D eigenvalue weighted by Gasteiger charge is -1.99. The molecular weight excluding hydrogens is 376 g/mol. The minimum absolute atomic E-state index is 0.258. The fourth-order valence-corrected chi connectivity index (χ4v) is 2.78. The molecule has 17 heavy (non-hydrogen) atoms. The number of aromatic nitrogens is 3. The van der Waals surface area contributed by atoms with E-state index in [4.69, 9.17) is 5.14 Å². The zero-order chi connectivity index (χ0) is 12.6. The molecule has 0 amide bonds. The Hall–Kier alpha value is -0.770. The number of nitrogens with two attached hydrogens (primary N) is 1. The van der Waals surface area contributed by atoms with Crippen molar-refractivity contribution in [2.45, 2.75) is 5.16 Å². The molecule has 0 spiro atoms. The van der Waals surface area contributed by atoms with E-state index in [2.05, 4.69) is 47.0 Å². The highest BCUT2D eigenvalue weighted by atomic mass is 79.9. The summed E-state index contributed by atoms with van der Waals surface area (Å²) < 4.78 is 23.7. The van der Waals surface area contributed by atoms with Crippen LogP contribution in [0, 0.1) is 0 Å². The van der Waals surface area contributed by atoms with Gasteiger partial charge in [0.1, 0.15) is 0 Å². The Bertz CT molecular complexity index is 668. The molecule has 1 heterocycles. The van der Waals surface area contributed by atoms with Gasteiger partial charge in [0.05, 0.1) is 0 Å². The molecule has 9 heteroatoms. The molecule has 6 nitrogen and oxygen atoms in total. The minimum Gasteiger partial charge on any atom is -0.248 e. The van der Waals surface area contributed by atoms with Gasteiger partial charge in [-0.3, -0.25) is 0 Å². The van der Waals surface area contributed by atoms with Crippen LogP contribution in [0.25, 0.3) is 11.4 Å². The Morgan fingerprint density at radius 3 is 2.53 bits per heavy atom. The number of aromatic amines is 1. The maximum atomic E-state index is 11.0. The van der Waals surface area contributed by atoms with Crippen LogP contribution in [0.3, 0.4) is 0 Å². The van der Waals surface area contributed by atoms with Gasteiger partial charge in [-0.15, -0.1) is 0 Å². The van der Waals surface area contributed by atoms with Gasteiger partial charge in [-0.2, -0.15) is 10.1 Å². The Balaban J connectivity index is 2.51. The zero-order valence-electron chi connectivity index (χ0n) is 8.18. The molecule has 2 aromatic rings. The summed E-state index contributed by atoms with van der Waals surface area (Å²) in [5.41, 5.74) is 0.666. The molecule has 3 N–H and O–H groups in total. The van der Waals surface area contributed by atoms with E-state index in [0.717, 1.165) is 8.95 Å². The molecule has 0 radical (unpaired) electrons. The summed E-state index contributed by atoms with van der Waals surface area (Å²) in [6, 6.07) is 5.36. The van der Waals surface area contributed by atoms with Crippen LogP contribution in [0.5, 0.6) is 0 Å². The molecule has 1 aromatic heterocycles. The molecular formula is C8H6Br2N4O2S. The highest BCUT2D eigenvalue weighted by molar-refractivity contribution is 9.11. The molecule has 2 rings (SSSR count). The molecule has 0 saturated carbocycles. The molecule has 0 aliphatic rings. The average Bonchev–Trinajstić information content (AvgIpc) is 2.65. The molecule has 0 unspecified atom stereocenters. The summed E-state index contributed by atoms with van der Waals surface area (Å²) in [5.74, 6) is 0.258. The first-order valence-corrected chi connectivity index (χ1v) is 7.42. The number of nitrogens with zero attached hydrogens (tertiary/aromatic N) is 2. The molecule has 0 bridgehead atoms. The molecule has 90 valence electrons. The van der Waals surface area contributed by atoms with Crippen molar-refractivity contribution in [1.82, 2.24) is 15.2 Å². The summed E-state index contributed by atoms with van der Waals surface area (Å²) in [6.07, 6.45) is 0. The first kappa shape index (κ1) is 12.7. The van der Waals surface area contributed by atoms with Crippen LogP contribution < -0.4 is 5.14 Å². The van der Waals surface area contributed by atoms with E-state index in [9.17, 15) is 8.42 Å². The normalized spacial score (nSPS) is 11.7. The number of hydrogen-bond donors (Lipinski definition) is 2. The van der Waals surface area contributed by atoms with Gasteiger partial charge in [0.25, 0.3) is 15.2 Å². The number of primary sulfonamides is 1. The Morgan fingerprint density at radius 1 is 1.29 bits per heavy atom. The fraction of sp³-hybridized carbons (Fsp3) is 0. The van der Waals surface area contributed by atoms with Crippen molar-refractivity contribution in [1.29, 1.82) is 0 Å². The predicted octanol–water partition coefficient (Wildman–Crippen LogP) is 1.64. The summed E-state index contributed by atoms with van der Waals surface area (Å²) >= 11 is 6.65. The smallest absolute Gasteiger partial charge is 0.248 e. The Kier molecular flexibility index (Phi) is 3.34. The summed E-state index contributed by atoms with van der Waals surface area (Å²) in [4.78, 5) is 3.82. The monoisotopic (exact) mass is 380 g/mol. The second-order valence-electron chi connectivity index (χ2n) is 3.13.